The van der Waals surface area contributed by atoms with E-state index in [1.54, 1.807) is 38.1 Å². The van der Waals surface area contributed by atoms with Gasteiger partial charge in [-0.1, -0.05) is 17.3 Å². The van der Waals surface area contributed by atoms with Crippen LogP contribution in [0.3, 0.4) is 0 Å². The first kappa shape index (κ1) is 20.2. The zero-order chi connectivity index (χ0) is 18.7. The van der Waals surface area contributed by atoms with Gasteiger partial charge in [0.2, 0.25) is 11.6 Å². The maximum absolute atomic E-state index is 12.9. The maximum Gasteiger partial charge on any atom is 0.261 e. The first-order valence-corrected chi connectivity index (χ1v) is 7.98. The summed E-state index contributed by atoms with van der Waals surface area (Å²) in [7, 11) is 0. The van der Waals surface area contributed by atoms with Crippen molar-refractivity contribution < 1.29 is 31.1 Å². The van der Waals surface area contributed by atoms with Crippen molar-refractivity contribution in [1.29, 1.82) is 0 Å². The Hall–Kier alpha value is -3.13. The summed E-state index contributed by atoms with van der Waals surface area (Å²) in [5.74, 6) is 0.799. The van der Waals surface area contributed by atoms with Gasteiger partial charge in [0.1, 0.15) is 22.8 Å². The van der Waals surface area contributed by atoms with Gasteiger partial charge >= 0.3 is 0 Å². The van der Waals surface area contributed by atoms with Crippen molar-refractivity contribution in [2.75, 3.05) is 16.4 Å². The van der Waals surface area contributed by atoms with Crippen LogP contribution in [0.2, 0.25) is 0 Å². The summed E-state index contributed by atoms with van der Waals surface area (Å²) in [4.78, 5) is 15.3. The van der Waals surface area contributed by atoms with Crippen molar-refractivity contribution in [3.8, 4) is 0 Å². The Bertz CT molecular complexity index is 924. The van der Waals surface area contributed by atoms with Crippen LogP contribution in [0.4, 0.5) is 21.7 Å². The molecule has 2 heterocycles. The van der Waals surface area contributed by atoms with Crippen molar-refractivity contribution in [2.45, 2.75) is 20.4 Å². The van der Waals surface area contributed by atoms with Crippen LogP contribution in [0.15, 0.2) is 40.9 Å². The zero-order valence-corrected chi connectivity index (χ0v) is 15.5. The predicted octanol–water partition coefficient (Wildman–Crippen LogP) is -0.305. The maximum atomic E-state index is 12.9. The molecule has 0 aliphatic rings. The van der Waals surface area contributed by atoms with E-state index in [1.165, 1.54) is 12.1 Å². The van der Waals surface area contributed by atoms with Gasteiger partial charge in [-0.2, -0.15) is 0 Å². The molecule has 0 aliphatic carbocycles. The van der Waals surface area contributed by atoms with Crippen molar-refractivity contribution >= 4 is 23.2 Å². The minimum Gasteiger partial charge on any atom is -1.00 e. The Kier molecular flexibility index (Phi) is 6.36. The van der Waals surface area contributed by atoms with E-state index >= 15 is 0 Å². The number of nitrogens with zero attached hydrogens (tertiary/aromatic N) is 1. The van der Waals surface area contributed by atoms with Crippen LogP contribution >= 0.6 is 0 Å². The van der Waals surface area contributed by atoms with Gasteiger partial charge in [-0.25, -0.2) is 9.37 Å². The lowest BCUT2D eigenvalue weighted by Gasteiger charge is -2.07. The number of anilines is 3. The number of aryl methyl sites for hydroxylation is 2. The average molecular weight is 392 g/mol. The number of nitrogen functional groups attached to an aromatic ring is 1. The SMILES string of the molecule is Cc1noc(C)c1C(=O)Nc1ccc(NCc2ccc(F)cc2)[nH+]c1N.[Cl-]. The number of aromatic nitrogens is 2. The second-order valence-electron chi connectivity index (χ2n) is 5.83. The molecular formula is C18H19ClFN5O2. The number of rotatable bonds is 5. The number of hydrogen-bond donors (Lipinski definition) is 3. The molecule has 3 aromatic rings. The summed E-state index contributed by atoms with van der Waals surface area (Å²) in [5.41, 5.74) is 8.27. The normalized spacial score (nSPS) is 10.2. The summed E-state index contributed by atoms with van der Waals surface area (Å²) >= 11 is 0. The Balaban J connectivity index is 0.00000261. The molecule has 5 N–H and O–H groups in total. The van der Waals surface area contributed by atoms with Crippen molar-refractivity contribution in [3.63, 3.8) is 0 Å². The predicted molar refractivity (Wildman–Crippen MR) is 95.1 cm³/mol. The fourth-order valence-corrected chi connectivity index (χ4v) is 2.51. The summed E-state index contributed by atoms with van der Waals surface area (Å²) < 4.78 is 17.9. The Morgan fingerprint density at radius 2 is 1.93 bits per heavy atom. The molecule has 27 heavy (non-hydrogen) atoms. The quantitative estimate of drug-likeness (QED) is 0.553. The Morgan fingerprint density at radius 3 is 2.52 bits per heavy atom. The third kappa shape index (κ3) is 4.73. The fourth-order valence-electron chi connectivity index (χ4n) is 2.51. The van der Waals surface area contributed by atoms with Crippen LogP contribution in [0, 0.1) is 19.7 Å². The van der Waals surface area contributed by atoms with E-state index in [2.05, 4.69) is 20.8 Å². The van der Waals surface area contributed by atoms with Crippen LogP contribution in [-0.4, -0.2) is 11.1 Å². The first-order valence-electron chi connectivity index (χ1n) is 7.98. The topological polar surface area (TPSA) is 107 Å². The third-order valence-electron chi connectivity index (χ3n) is 3.88. The molecule has 1 aromatic carbocycles. The number of aromatic amines is 1. The lowest BCUT2D eigenvalue weighted by atomic mass is 10.2. The van der Waals surface area contributed by atoms with Gasteiger partial charge in [0, 0.05) is 6.07 Å². The third-order valence-corrected chi connectivity index (χ3v) is 3.88. The lowest BCUT2D eigenvalue weighted by Crippen LogP contribution is -3.00. The van der Waals surface area contributed by atoms with Crippen LogP contribution < -0.4 is 33.8 Å². The minimum atomic E-state index is -0.339. The Morgan fingerprint density at radius 1 is 1.22 bits per heavy atom. The fraction of sp³-hybridized carbons (Fsp3) is 0.167. The summed E-state index contributed by atoms with van der Waals surface area (Å²) in [5, 5.41) is 9.65. The second kappa shape index (κ2) is 8.50. The highest BCUT2D eigenvalue weighted by atomic mass is 35.5. The van der Waals surface area contributed by atoms with E-state index in [9.17, 15) is 9.18 Å². The Labute approximate surface area is 161 Å². The van der Waals surface area contributed by atoms with E-state index in [0.717, 1.165) is 5.56 Å². The van der Waals surface area contributed by atoms with Gasteiger partial charge in [-0.05, 0) is 37.6 Å². The van der Waals surface area contributed by atoms with Crippen LogP contribution in [0.5, 0.6) is 0 Å². The highest BCUT2D eigenvalue weighted by molar-refractivity contribution is 6.06. The molecule has 0 atom stereocenters. The van der Waals surface area contributed by atoms with E-state index in [0.29, 0.717) is 40.9 Å². The van der Waals surface area contributed by atoms with E-state index in [-0.39, 0.29) is 24.1 Å². The van der Waals surface area contributed by atoms with Crippen molar-refractivity contribution in [3.05, 3.63) is 64.8 Å². The highest BCUT2D eigenvalue weighted by Gasteiger charge is 2.19. The molecule has 0 fully saturated rings. The number of benzene rings is 1. The highest BCUT2D eigenvalue weighted by Crippen LogP contribution is 2.19. The molecule has 142 valence electrons. The number of nitrogens with two attached hydrogens (primary N) is 1. The molecule has 0 radical (unpaired) electrons. The monoisotopic (exact) mass is 391 g/mol. The van der Waals surface area contributed by atoms with Crippen LogP contribution in [0.1, 0.15) is 27.4 Å². The van der Waals surface area contributed by atoms with Gasteiger partial charge in [-0.15, -0.1) is 0 Å². The largest absolute Gasteiger partial charge is 1.00 e. The zero-order valence-electron chi connectivity index (χ0n) is 14.8. The number of halogens is 2. The summed E-state index contributed by atoms with van der Waals surface area (Å²) in [6.07, 6.45) is 0. The number of pyridine rings is 1. The smallest absolute Gasteiger partial charge is 0.261 e. The molecule has 1 amide bonds. The molecule has 0 spiro atoms. The van der Waals surface area contributed by atoms with Crippen molar-refractivity contribution in [2.24, 2.45) is 0 Å². The average Bonchev–Trinajstić information content (AvgIpc) is 2.95. The molecule has 0 saturated carbocycles. The van der Waals surface area contributed by atoms with Gasteiger partial charge in [0.15, 0.2) is 0 Å². The lowest BCUT2D eigenvalue weighted by molar-refractivity contribution is -0.342. The molecule has 9 heteroatoms. The van der Waals surface area contributed by atoms with Gasteiger partial charge < -0.3 is 33.3 Å². The standard InChI is InChI=1S/C18H18FN5O2.ClH/c1-10-16(11(2)26-24-10)18(25)22-14-7-8-15(23-17(14)20)21-9-12-3-5-13(19)6-4-12;/h3-8H,9H2,1-2H3,(H,22,25)(H3,20,21,23);1H. The molecule has 0 unspecified atom stereocenters. The molecule has 7 nitrogen and oxygen atoms in total. The molecule has 0 saturated heterocycles. The number of hydrogen-bond acceptors (Lipinski definition) is 5. The number of amides is 1. The van der Waals surface area contributed by atoms with E-state index in [1.807, 2.05) is 0 Å². The molecule has 0 bridgehead atoms. The summed E-state index contributed by atoms with van der Waals surface area (Å²) in [6.45, 7) is 3.87. The molecule has 2 aromatic heterocycles. The number of nitrogens with one attached hydrogen (secondary N) is 3. The number of carbonyl (C=O) groups is 1. The van der Waals surface area contributed by atoms with Crippen LogP contribution in [0.25, 0.3) is 0 Å². The number of carbonyl (C=O) groups excluding carboxylic acids is 1. The van der Waals surface area contributed by atoms with Crippen molar-refractivity contribution in [1.82, 2.24) is 5.16 Å². The minimum absolute atomic E-state index is 0. The molecular weight excluding hydrogens is 373 g/mol. The molecule has 0 aliphatic heterocycles. The van der Waals surface area contributed by atoms with Gasteiger partial charge in [-0.3, -0.25) is 4.79 Å². The van der Waals surface area contributed by atoms with Gasteiger partial charge in [0.25, 0.3) is 5.91 Å². The van der Waals surface area contributed by atoms with E-state index in [4.69, 9.17) is 10.3 Å². The number of H-pyrrole nitrogens is 1. The van der Waals surface area contributed by atoms with Crippen LogP contribution in [-0.2, 0) is 6.54 Å². The second-order valence-corrected chi connectivity index (χ2v) is 5.83. The summed E-state index contributed by atoms with van der Waals surface area (Å²) in [6, 6.07) is 9.65. The first-order chi connectivity index (χ1) is 12.4. The molecule has 3 rings (SSSR count). The van der Waals surface area contributed by atoms with E-state index < -0.39 is 0 Å². The van der Waals surface area contributed by atoms with Gasteiger partial charge in [0.05, 0.1) is 12.2 Å².